The van der Waals surface area contributed by atoms with Gasteiger partial charge in [-0.3, -0.25) is 10.00 Å². The molecule has 1 amide bonds. The number of aryl methyl sites for hydroxylation is 1. The molecule has 9 heteroatoms. The van der Waals surface area contributed by atoms with Crippen LogP contribution in [0.15, 0.2) is 55.1 Å². The molecule has 0 bridgehead atoms. The summed E-state index contributed by atoms with van der Waals surface area (Å²) in [5.74, 6) is 0.801. The van der Waals surface area contributed by atoms with Gasteiger partial charge in [-0.25, -0.2) is 9.78 Å². The van der Waals surface area contributed by atoms with Crippen LogP contribution in [0, 0.1) is 16.7 Å². The molecule has 41 heavy (non-hydrogen) atoms. The maximum atomic E-state index is 12.4. The van der Waals surface area contributed by atoms with Crippen molar-refractivity contribution >= 4 is 22.7 Å². The van der Waals surface area contributed by atoms with Crippen LogP contribution in [0.3, 0.4) is 0 Å². The maximum Gasteiger partial charge on any atom is 0.411 e. The highest BCUT2D eigenvalue weighted by Gasteiger charge is 2.28. The average Bonchev–Trinajstić information content (AvgIpc) is 3.53. The Balaban J connectivity index is 1.35. The summed E-state index contributed by atoms with van der Waals surface area (Å²) in [5, 5.41) is 18.1. The molecule has 1 aliphatic carbocycles. The van der Waals surface area contributed by atoms with Crippen molar-refractivity contribution in [1.82, 2.24) is 19.3 Å². The zero-order chi connectivity index (χ0) is 29.0. The number of nitriles is 1. The summed E-state index contributed by atoms with van der Waals surface area (Å²) in [5.41, 5.74) is 4.01. The van der Waals surface area contributed by atoms with Gasteiger partial charge in [0.05, 0.1) is 23.4 Å². The van der Waals surface area contributed by atoms with Crippen molar-refractivity contribution in [3.8, 4) is 23.1 Å². The standard InChI is InChI=1S/C32H38N6O3/c1-22(32(2,3)4)41-31(39)36-24-12-10-23(11-13-24)30-28(19-33)27-15-14-26(18-29(27)38(30)25-8-7-9-25)40-17-6-5-16-37-21-34-20-35-37/h10-15,18,20-22,25H,5-9,16-17H2,1-4H3,(H,36,39). The van der Waals surface area contributed by atoms with E-state index < -0.39 is 6.09 Å². The number of carbonyl (C=O) groups excluding carboxylic acids is 1. The number of nitrogens with one attached hydrogen (secondary N) is 1. The number of rotatable bonds is 10. The van der Waals surface area contributed by atoms with E-state index in [0.717, 1.165) is 60.1 Å². The Morgan fingerprint density at radius 2 is 1.95 bits per heavy atom. The summed E-state index contributed by atoms with van der Waals surface area (Å²) >= 11 is 0. The number of amides is 1. The van der Waals surface area contributed by atoms with Gasteiger partial charge in [-0.2, -0.15) is 10.4 Å². The Hall–Kier alpha value is -4.32. The molecule has 0 aliphatic heterocycles. The second-order valence-electron chi connectivity index (χ2n) is 11.8. The molecule has 1 unspecified atom stereocenters. The van der Waals surface area contributed by atoms with Crippen LogP contribution in [0.4, 0.5) is 10.5 Å². The first-order valence-electron chi connectivity index (χ1n) is 14.4. The number of anilines is 1. The number of ether oxygens (including phenoxy) is 2. The van der Waals surface area contributed by atoms with E-state index in [1.165, 1.54) is 6.42 Å². The fraction of sp³-hybridized carbons (Fsp3) is 0.438. The van der Waals surface area contributed by atoms with Gasteiger partial charge in [0.2, 0.25) is 0 Å². The first kappa shape index (κ1) is 28.2. The van der Waals surface area contributed by atoms with E-state index >= 15 is 0 Å². The van der Waals surface area contributed by atoms with Gasteiger partial charge in [0.25, 0.3) is 0 Å². The second-order valence-corrected chi connectivity index (χ2v) is 11.8. The first-order valence-corrected chi connectivity index (χ1v) is 14.4. The quantitative estimate of drug-likeness (QED) is 0.206. The van der Waals surface area contributed by atoms with Crippen LogP contribution >= 0.6 is 0 Å². The molecule has 2 heterocycles. The van der Waals surface area contributed by atoms with E-state index in [1.54, 1.807) is 12.7 Å². The summed E-state index contributed by atoms with van der Waals surface area (Å²) in [4.78, 5) is 16.4. The van der Waals surface area contributed by atoms with E-state index in [-0.39, 0.29) is 11.5 Å². The zero-order valence-electron chi connectivity index (χ0n) is 24.3. The van der Waals surface area contributed by atoms with Crippen LogP contribution in [0.5, 0.6) is 5.75 Å². The first-order chi connectivity index (χ1) is 19.7. The van der Waals surface area contributed by atoms with Crippen LogP contribution < -0.4 is 10.1 Å². The van der Waals surface area contributed by atoms with Gasteiger partial charge in [-0.1, -0.05) is 32.9 Å². The molecule has 1 fully saturated rings. The summed E-state index contributed by atoms with van der Waals surface area (Å²) in [6.07, 6.45) is 7.73. The van der Waals surface area contributed by atoms with Crippen LogP contribution in [0.25, 0.3) is 22.2 Å². The van der Waals surface area contributed by atoms with Crippen LogP contribution in [-0.2, 0) is 11.3 Å². The fourth-order valence-corrected chi connectivity index (χ4v) is 4.91. The van der Waals surface area contributed by atoms with Crippen molar-refractivity contribution in [2.45, 2.75) is 78.5 Å². The lowest BCUT2D eigenvalue weighted by Crippen LogP contribution is -2.30. The Kier molecular flexibility index (Phi) is 8.29. The van der Waals surface area contributed by atoms with Crippen LogP contribution in [-0.4, -0.2) is 38.1 Å². The molecular formula is C32H38N6O3. The number of benzene rings is 2. The Morgan fingerprint density at radius 3 is 2.59 bits per heavy atom. The van der Waals surface area contributed by atoms with Gasteiger partial charge in [-0.05, 0) is 74.3 Å². The second kappa shape index (κ2) is 12.0. The van der Waals surface area contributed by atoms with Gasteiger partial charge in [-0.15, -0.1) is 0 Å². The normalized spacial score (nSPS) is 14.3. The van der Waals surface area contributed by atoms with E-state index in [4.69, 9.17) is 9.47 Å². The Labute approximate surface area is 241 Å². The third kappa shape index (κ3) is 6.37. The lowest BCUT2D eigenvalue weighted by Gasteiger charge is -2.30. The molecule has 4 aromatic rings. The molecule has 1 saturated carbocycles. The highest BCUT2D eigenvalue weighted by Crippen LogP contribution is 2.43. The van der Waals surface area contributed by atoms with E-state index in [1.807, 2.05) is 68.8 Å². The molecule has 5 rings (SSSR count). The molecule has 214 valence electrons. The molecule has 1 N–H and O–H groups in total. The molecule has 0 spiro atoms. The van der Waals surface area contributed by atoms with Crippen molar-refractivity contribution in [1.29, 1.82) is 5.26 Å². The van der Waals surface area contributed by atoms with Gasteiger partial charge in [0, 0.05) is 29.7 Å². The monoisotopic (exact) mass is 554 g/mol. The largest absolute Gasteiger partial charge is 0.494 e. The minimum Gasteiger partial charge on any atom is -0.494 e. The predicted molar refractivity (Wildman–Crippen MR) is 159 cm³/mol. The van der Waals surface area contributed by atoms with Crippen LogP contribution in [0.2, 0.25) is 0 Å². The number of nitrogens with zero attached hydrogens (tertiary/aromatic N) is 5. The van der Waals surface area contributed by atoms with Gasteiger partial charge < -0.3 is 14.0 Å². The molecule has 2 aromatic carbocycles. The number of hydrogen-bond acceptors (Lipinski definition) is 6. The highest BCUT2D eigenvalue weighted by molar-refractivity contribution is 5.96. The minimum absolute atomic E-state index is 0.146. The third-order valence-electron chi connectivity index (χ3n) is 7.95. The van der Waals surface area contributed by atoms with Crippen molar-refractivity contribution < 1.29 is 14.3 Å². The van der Waals surface area contributed by atoms with Crippen molar-refractivity contribution in [3.05, 3.63) is 60.7 Å². The summed E-state index contributed by atoms with van der Waals surface area (Å²) in [7, 11) is 0. The van der Waals surface area contributed by atoms with Gasteiger partial charge >= 0.3 is 6.09 Å². The van der Waals surface area contributed by atoms with Gasteiger partial charge in [0.1, 0.15) is 30.6 Å². The SMILES string of the molecule is CC(OC(=O)Nc1ccc(-c2c(C#N)c3ccc(OCCCCn4cncn4)cc3n2C2CCC2)cc1)C(C)(C)C. The number of fused-ring (bicyclic) bond motifs is 1. The summed E-state index contributed by atoms with van der Waals surface area (Å²) < 4.78 is 15.8. The number of aromatic nitrogens is 4. The van der Waals surface area contributed by atoms with E-state index in [0.29, 0.717) is 23.9 Å². The number of unbranched alkanes of at least 4 members (excludes halogenated alkanes) is 1. The summed E-state index contributed by atoms with van der Waals surface area (Å²) in [6.45, 7) is 9.41. The lowest BCUT2D eigenvalue weighted by atomic mass is 9.90. The molecule has 1 aliphatic rings. The van der Waals surface area contributed by atoms with E-state index in [2.05, 4.69) is 32.1 Å². The smallest absolute Gasteiger partial charge is 0.411 e. The molecule has 0 saturated heterocycles. The van der Waals surface area contributed by atoms with E-state index in [9.17, 15) is 10.1 Å². The molecule has 2 aromatic heterocycles. The van der Waals surface area contributed by atoms with Crippen molar-refractivity contribution in [2.75, 3.05) is 11.9 Å². The van der Waals surface area contributed by atoms with Crippen molar-refractivity contribution in [2.24, 2.45) is 5.41 Å². The Bertz CT molecular complexity index is 1520. The predicted octanol–water partition coefficient (Wildman–Crippen LogP) is 7.34. The molecular weight excluding hydrogens is 516 g/mol. The minimum atomic E-state index is -0.479. The number of hydrogen-bond donors (Lipinski definition) is 1. The van der Waals surface area contributed by atoms with Gasteiger partial charge in [0.15, 0.2) is 0 Å². The third-order valence-corrected chi connectivity index (χ3v) is 7.95. The summed E-state index contributed by atoms with van der Waals surface area (Å²) in [6, 6.07) is 16.5. The van der Waals surface area contributed by atoms with Crippen LogP contribution in [0.1, 0.15) is 71.4 Å². The maximum absolute atomic E-state index is 12.4. The van der Waals surface area contributed by atoms with Crippen molar-refractivity contribution in [3.63, 3.8) is 0 Å². The Morgan fingerprint density at radius 1 is 1.17 bits per heavy atom. The zero-order valence-corrected chi connectivity index (χ0v) is 24.3. The fourth-order valence-electron chi connectivity index (χ4n) is 4.91. The molecule has 0 radical (unpaired) electrons. The number of carbonyl (C=O) groups is 1. The average molecular weight is 555 g/mol. The topological polar surface area (TPSA) is 107 Å². The lowest BCUT2D eigenvalue weighted by molar-refractivity contribution is 0.0528. The molecule has 9 nitrogen and oxygen atoms in total. The molecule has 1 atom stereocenters. The highest BCUT2D eigenvalue weighted by atomic mass is 16.6.